The number of hydrogen-bond acceptors (Lipinski definition) is 0. The Labute approximate surface area is 327 Å². The summed E-state index contributed by atoms with van der Waals surface area (Å²) >= 11 is 0. The lowest BCUT2D eigenvalue weighted by Gasteiger charge is -2.44. The van der Waals surface area contributed by atoms with Gasteiger partial charge < -0.3 is 0 Å². The molecule has 0 aliphatic carbocycles. The minimum atomic E-state index is -1.49. The summed E-state index contributed by atoms with van der Waals surface area (Å²) in [5.74, 6) is 0. The van der Waals surface area contributed by atoms with Gasteiger partial charge in [-0.2, -0.15) is 0 Å². The fraction of sp³-hybridized carbons (Fsp3) is 0.700. The van der Waals surface area contributed by atoms with Crippen LogP contribution in [-0.4, -0.2) is 82.7 Å². The van der Waals surface area contributed by atoms with E-state index in [-0.39, 0.29) is 0 Å². The lowest BCUT2D eigenvalue weighted by molar-refractivity contribution is 1.14. The summed E-state index contributed by atoms with van der Waals surface area (Å²) in [4.78, 5) is 0. The van der Waals surface area contributed by atoms with Gasteiger partial charge in [-0.1, -0.05) is 226 Å². The standard InChI is InChI=1S/C40H82Si10/c1-43(2,3)37(44(4,5)6)31-27-25-28-32(38(45(7,8)9)46(10,11)12)35(31)41-42-36-33(39(47(13,14)15)48(16,17)18)29-26-30-34(36)40(49(19,20)21)50(22,23)24/h25-30,37-40H,1-24H3. The predicted octanol–water partition coefficient (Wildman–Crippen LogP) is 12.3. The van der Waals surface area contributed by atoms with E-state index in [9.17, 15) is 0 Å². The number of hydrogen-bond donors (Lipinski definition) is 0. The molecule has 0 aliphatic rings. The van der Waals surface area contributed by atoms with Gasteiger partial charge >= 0.3 is 0 Å². The molecule has 0 N–H and O–H groups in total. The maximum absolute atomic E-state index is 2.68. The summed E-state index contributed by atoms with van der Waals surface area (Å²) in [6, 6.07) is 15.6. The molecular formula is C40H82Si10. The quantitative estimate of drug-likeness (QED) is 0.157. The third-order valence-corrected chi connectivity index (χ3v) is 51.5. The van der Waals surface area contributed by atoms with Crippen molar-refractivity contribution in [2.45, 2.75) is 178 Å². The van der Waals surface area contributed by atoms with Crippen LogP contribution in [0.2, 0.25) is 157 Å². The smallest absolute Gasteiger partial charge is 0.0693 e. The molecule has 0 atom stereocenters. The van der Waals surface area contributed by atoms with Crippen LogP contribution < -0.4 is 10.4 Å². The molecule has 0 heterocycles. The molecule has 0 aromatic heterocycles. The molecule has 2 aromatic carbocycles. The molecule has 50 heavy (non-hydrogen) atoms. The second kappa shape index (κ2) is 15.6. The second-order valence-corrected chi connectivity index (χ2v) is 72.3. The minimum absolute atomic E-state index is 0.773. The largest absolute Gasteiger partial charge is 0.0719 e. The molecule has 0 saturated heterocycles. The fourth-order valence-electron chi connectivity index (χ4n) is 11.5. The van der Waals surface area contributed by atoms with Crippen LogP contribution in [0.15, 0.2) is 36.4 Å². The Morgan fingerprint density at radius 3 is 0.540 bits per heavy atom. The molecular weight excluding hydrogens is 761 g/mol. The molecule has 0 spiro atoms. The summed E-state index contributed by atoms with van der Waals surface area (Å²) in [5.41, 5.74) is 7.19. The first kappa shape index (κ1) is 46.8. The van der Waals surface area contributed by atoms with Crippen LogP contribution in [0.1, 0.15) is 42.9 Å². The van der Waals surface area contributed by atoms with Crippen molar-refractivity contribution < 1.29 is 0 Å². The zero-order valence-corrected chi connectivity index (χ0v) is 47.8. The molecule has 4 radical (unpaired) electrons. The van der Waals surface area contributed by atoms with Crippen molar-refractivity contribution in [1.82, 2.24) is 0 Å². The van der Waals surface area contributed by atoms with E-state index in [1.807, 2.05) is 10.4 Å². The monoisotopic (exact) mass is 842 g/mol. The highest BCUT2D eigenvalue weighted by atomic mass is 29.1. The molecule has 10 heteroatoms. The zero-order valence-electron chi connectivity index (χ0n) is 37.8. The molecule has 0 nitrogen and oxygen atoms in total. The van der Waals surface area contributed by atoms with Crippen LogP contribution in [0.5, 0.6) is 0 Å². The highest BCUT2D eigenvalue weighted by Crippen LogP contribution is 2.41. The second-order valence-electron chi connectivity index (χ2n) is 24.5. The van der Waals surface area contributed by atoms with Gasteiger partial charge in [-0.15, -0.1) is 0 Å². The van der Waals surface area contributed by atoms with Gasteiger partial charge in [-0.3, -0.25) is 0 Å². The van der Waals surface area contributed by atoms with Crippen LogP contribution in [0.25, 0.3) is 0 Å². The molecule has 0 unspecified atom stereocenters. The van der Waals surface area contributed by atoms with Crippen molar-refractivity contribution in [2.24, 2.45) is 0 Å². The molecule has 2 rings (SSSR count). The Morgan fingerprint density at radius 2 is 0.420 bits per heavy atom. The predicted molar refractivity (Wildman–Crippen MR) is 261 cm³/mol. The van der Waals surface area contributed by atoms with E-state index >= 15 is 0 Å². The molecule has 2 aromatic rings. The van der Waals surface area contributed by atoms with Crippen LogP contribution in [0, 0.1) is 0 Å². The summed E-state index contributed by atoms with van der Waals surface area (Å²) in [6.07, 6.45) is 0. The first-order chi connectivity index (χ1) is 21.9. The van der Waals surface area contributed by atoms with Crippen molar-refractivity contribution >= 4 is 93.0 Å². The SMILES string of the molecule is C[Si](C)(C)C(c1cccc(C([Si](C)(C)C)[Si](C)(C)C)c1[Si][Si]c1c(C([Si](C)(C)C)[Si](C)(C)C)cccc1C([Si](C)(C)C)[Si](C)(C)C)[Si](C)(C)C. The maximum atomic E-state index is 2.68. The topological polar surface area (TPSA) is 0 Å². The summed E-state index contributed by atoms with van der Waals surface area (Å²) in [6.45, 7) is 64.3. The Balaban J connectivity index is 3.20. The first-order valence-corrected chi connectivity index (χ1v) is 51.3. The van der Waals surface area contributed by atoms with Crippen molar-refractivity contribution in [3.63, 3.8) is 0 Å². The molecule has 0 fully saturated rings. The molecule has 0 saturated carbocycles. The minimum Gasteiger partial charge on any atom is -0.0693 e. The van der Waals surface area contributed by atoms with E-state index in [4.69, 9.17) is 0 Å². The lowest BCUT2D eigenvalue weighted by atomic mass is 10.1. The highest BCUT2D eigenvalue weighted by molar-refractivity contribution is 7.14. The number of benzene rings is 2. The van der Waals surface area contributed by atoms with Crippen LogP contribution in [0.4, 0.5) is 0 Å². The van der Waals surface area contributed by atoms with Gasteiger partial charge in [0.15, 0.2) is 0 Å². The molecule has 0 bridgehead atoms. The van der Waals surface area contributed by atoms with Crippen LogP contribution in [0.3, 0.4) is 0 Å². The first-order valence-electron chi connectivity index (χ1n) is 19.7. The molecule has 0 amide bonds. The third kappa shape index (κ3) is 11.6. The van der Waals surface area contributed by atoms with Gasteiger partial charge in [0.2, 0.25) is 0 Å². The normalized spacial score (nSPS) is 14.9. The molecule has 282 valence electrons. The molecule has 0 aliphatic heterocycles. The van der Waals surface area contributed by atoms with Crippen LogP contribution >= 0.6 is 0 Å². The van der Waals surface area contributed by atoms with E-state index in [2.05, 4.69) is 194 Å². The Bertz CT molecular complexity index is 1170. The third-order valence-electron chi connectivity index (χ3n) is 10.7. The Kier molecular flexibility index (Phi) is 14.6. The van der Waals surface area contributed by atoms with Gasteiger partial charge in [0.1, 0.15) is 0 Å². The average molecular weight is 844 g/mol. The summed E-state index contributed by atoms with van der Waals surface area (Å²) in [5, 5.41) is 6.77. The Morgan fingerprint density at radius 1 is 0.280 bits per heavy atom. The van der Waals surface area contributed by atoms with Gasteiger partial charge in [0, 0.05) is 64.6 Å². The van der Waals surface area contributed by atoms with Gasteiger partial charge in [-0.25, -0.2) is 0 Å². The fourth-order valence-corrected chi connectivity index (χ4v) is 67.8. The zero-order chi connectivity index (χ0) is 39.4. The van der Waals surface area contributed by atoms with Crippen molar-refractivity contribution in [1.29, 1.82) is 0 Å². The van der Waals surface area contributed by atoms with Crippen molar-refractivity contribution in [3.05, 3.63) is 58.7 Å². The van der Waals surface area contributed by atoms with Gasteiger partial charge in [-0.05, 0) is 20.7 Å². The van der Waals surface area contributed by atoms with Gasteiger partial charge in [0.05, 0.1) is 18.1 Å². The summed E-state index contributed by atoms with van der Waals surface area (Å²) in [7, 11) is -10.2. The van der Waals surface area contributed by atoms with Crippen molar-refractivity contribution in [2.75, 3.05) is 0 Å². The van der Waals surface area contributed by atoms with Crippen molar-refractivity contribution in [3.8, 4) is 0 Å². The van der Waals surface area contributed by atoms with E-state index in [0.717, 1.165) is 38.7 Å². The summed E-state index contributed by atoms with van der Waals surface area (Å²) < 4.78 is 0. The van der Waals surface area contributed by atoms with E-state index < -0.39 is 64.6 Å². The number of rotatable bonds is 15. The van der Waals surface area contributed by atoms with E-state index in [1.165, 1.54) is 0 Å². The highest BCUT2D eigenvalue weighted by Gasteiger charge is 2.46. The maximum Gasteiger partial charge on any atom is 0.0719 e. The average Bonchev–Trinajstić information content (AvgIpc) is 2.77. The van der Waals surface area contributed by atoms with E-state index in [0.29, 0.717) is 0 Å². The Hall–Kier alpha value is 0.609. The van der Waals surface area contributed by atoms with Gasteiger partial charge in [0.25, 0.3) is 0 Å². The van der Waals surface area contributed by atoms with E-state index in [1.54, 1.807) is 22.3 Å². The van der Waals surface area contributed by atoms with Crippen LogP contribution in [-0.2, 0) is 0 Å². The lowest BCUT2D eigenvalue weighted by Crippen LogP contribution is -2.55.